The van der Waals surface area contributed by atoms with Crippen molar-refractivity contribution >= 4 is 5.78 Å². The lowest BCUT2D eigenvalue weighted by atomic mass is 9.74. The Kier molecular flexibility index (Phi) is 3.71. The zero-order valence-electron chi connectivity index (χ0n) is 9.89. The van der Waals surface area contributed by atoms with E-state index in [0.29, 0.717) is 5.78 Å². The topological polar surface area (TPSA) is 29.1 Å². The van der Waals surface area contributed by atoms with E-state index in [-0.39, 0.29) is 17.4 Å². The van der Waals surface area contributed by atoms with Crippen molar-refractivity contribution in [3.05, 3.63) is 0 Å². The predicted octanol–water partition coefficient (Wildman–Crippen LogP) is 2.38. The normalized spacial score (nSPS) is 30.1. The highest BCUT2D eigenvalue weighted by Gasteiger charge is 2.35. The molecule has 2 atom stereocenters. The van der Waals surface area contributed by atoms with Gasteiger partial charge in [0.15, 0.2) is 5.78 Å². The van der Waals surface area contributed by atoms with Gasteiger partial charge in [0.2, 0.25) is 0 Å². The second-order valence-corrected chi connectivity index (χ2v) is 5.38. The molecule has 1 heterocycles. The van der Waals surface area contributed by atoms with Crippen LogP contribution in [-0.4, -0.2) is 18.4 Å². The Labute approximate surface area is 87.5 Å². The molecule has 0 saturated carbocycles. The van der Waals surface area contributed by atoms with E-state index in [2.05, 4.69) is 33.0 Å². The third-order valence-electron chi connectivity index (χ3n) is 3.20. The van der Waals surface area contributed by atoms with Crippen molar-refractivity contribution in [1.29, 1.82) is 0 Å². The monoisotopic (exact) mass is 197 g/mol. The van der Waals surface area contributed by atoms with E-state index in [1.165, 1.54) is 0 Å². The Hall–Kier alpha value is -0.370. The van der Waals surface area contributed by atoms with Gasteiger partial charge >= 0.3 is 0 Å². The van der Waals surface area contributed by atoms with Gasteiger partial charge in [-0.15, -0.1) is 0 Å². The maximum atomic E-state index is 12.2. The van der Waals surface area contributed by atoms with Crippen LogP contribution in [0.5, 0.6) is 0 Å². The average molecular weight is 197 g/mol. The van der Waals surface area contributed by atoms with E-state index in [1.54, 1.807) is 0 Å². The summed E-state index contributed by atoms with van der Waals surface area (Å²) in [5, 5.41) is 3.33. The maximum absolute atomic E-state index is 12.2. The van der Waals surface area contributed by atoms with Crippen LogP contribution >= 0.6 is 0 Å². The first-order valence-corrected chi connectivity index (χ1v) is 5.74. The second kappa shape index (κ2) is 4.43. The van der Waals surface area contributed by atoms with Crippen LogP contribution in [0.15, 0.2) is 0 Å². The summed E-state index contributed by atoms with van der Waals surface area (Å²) in [6.07, 6.45) is 3.10. The first kappa shape index (κ1) is 11.7. The molecule has 0 aromatic heterocycles. The average Bonchev–Trinajstić information content (AvgIpc) is 2.25. The maximum Gasteiger partial charge on any atom is 0.153 e. The van der Waals surface area contributed by atoms with Crippen LogP contribution in [0.3, 0.4) is 0 Å². The molecule has 1 rings (SSSR count). The quantitative estimate of drug-likeness (QED) is 0.699. The highest BCUT2D eigenvalue weighted by atomic mass is 16.1. The van der Waals surface area contributed by atoms with Crippen molar-refractivity contribution in [3.63, 3.8) is 0 Å². The molecule has 1 fully saturated rings. The third-order valence-corrected chi connectivity index (χ3v) is 3.20. The van der Waals surface area contributed by atoms with E-state index in [4.69, 9.17) is 0 Å². The molecule has 1 aliphatic rings. The van der Waals surface area contributed by atoms with Crippen molar-refractivity contribution in [2.75, 3.05) is 6.54 Å². The van der Waals surface area contributed by atoms with E-state index in [1.807, 2.05) is 0 Å². The molecule has 14 heavy (non-hydrogen) atoms. The van der Waals surface area contributed by atoms with E-state index in [0.717, 1.165) is 25.8 Å². The summed E-state index contributed by atoms with van der Waals surface area (Å²) in [6.45, 7) is 9.60. The number of Topliss-reactive ketones (excluding diaryl/α,β-unsaturated/α-hetero) is 1. The summed E-state index contributed by atoms with van der Waals surface area (Å²) in [5.41, 5.74) is 0.122. The fourth-order valence-corrected chi connectivity index (χ4v) is 2.27. The number of nitrogens with one attached hydrogen (secondary N) is 1. The molecule has 1 saturated heterocycles. The smallest absolute Gasteiger partial charge is 0.153 e. The minimum atomic E-state index is 0.0988. The summed E-state index contributed by atoms with van der Waals surface area (Å²) in [7, 11) is 0. The Balaban J connectivity index is 2.78. The molecule has 0 radical (unpaired) electrons. The molecule has 0 amide bonds. The van der Waals surface area contributed by atoms with E-state index >= 15 is 0 Å². The van der Waals surface area contributed by atoms with Gasteiger partial charge in [-0.1, -0.05) is 27.7 Å². The Morgan fingerprint density at radius 3 is 2.57 bits per heavy atom. The molecule has 1 aliphatic heterocycles. The van der Waals surface area contributed by atoms with Crippen molar-refractivity contribution in [2.45, 2.75) is 53.0 Å². The van der Waals surface area contributed by atoms with Crippen LogP contribution in [0.1, 0.15) is 47.0 Å². The molecule has 0 aliphatic carbocycles. The van der Waals surface area contributed by atoms with Gasteiger partial charge in [0.25, 0.3) is 0 Å². The number of carbonyl (C=O) groups is 1. The second-order valence-electron chi connectivity index (χ2n) is 5.38. The molecule has 0 spiro atoms. The zero-order chi connectivity index (χ0) is 10.8. The summed E-state index contributed by atoms with van der Waals surface area (Å²) in [6, 6.07) is 0.0988. The summed E-state index contributed by atoms with van der Waals surface area (Å²) in [5.74, 6) is 0.667. The van der Waals surface area contributed by atoms with E-state index in [9.17, 15) is 4.79 Å². The van der Waals surface area contributed by atoms with Gasteiger partial charge in [0.1, 0.15) is 0 Å². The van der Waals surface area contributed by atoms with Crippen molar-refractivity contribution in [2.24, 2.45) is 11.3 Å². The lowest BCUT2D eigenvalue weighted by Crippen LogP contribution is -2.41. The molecule has 0 bridgehead atoms. The number of ketones is 1. The molecule has 0 aromatic carbocycles. The fraction of sp³-hybridized carbons (Fsp3) is 0.917. The van der Waals surface area contributed by atoms with Crippen LogP contribution in [0.25, 0.3) is 0 Å². The molecule has 2 nitrogen and oxygen atoms in total. The predicted molar refractivity (Wildman–Crippen MR) is 59.3 cm³/mol. The first-order valence-electron chi connectivity index (χ1n) is 5.74. The molecule has 82 valence electrons. The van der Waals surface area contributed by atoms with Crippen LogP contribution < -0.4 is 5.32 Å². The minimum absolute atomic E-state index is 0.0988. The zero-order valence-corrected chi connectivity index (χ0v) is 9.89. The summed E-state index contributed by atoms with van der Waals surface area (Å²) in [4.78, 5) is 12.2. The van der Waals surface area contributed by atoms with Crippen LogP contribution in [0, 0.1) is 11.3 Å². The van der Waals surface area contributed by atoms with Crippen LogP contribution in [0.2, 0.25) is 0 Å². The minimum Gasteiger partial charge on any atom is -0.307 e. The lowest BCUT2D eigenvalue weighted by Gasteiger charge is -2.30. The Bertz CT molecular complexity index is 205. The van der Waals surface area contributed by atoms with Gasteiger partial charge in [0, 0.05) is 5.92 Å². The molecule has 2 heteroatoms. The first-order chi connectivity index (χ1) is 6.46. The molecule has 0 aromatic rings. The van der Waals surface area contributed by atoms with Gasteiger partial charge in [-0.25, -0.2) is 0 Å². The van der Waals surface area contributed by atoms with Crippen molar-refractivity contribution in [3.8, 4) is 0 Å². The molecule has 2 unspecified atom stereocenters. The number of rotatable bonds is 1. The SMILES string of the molecule is CCC1NCCCC(C(C)(C)C)C1=O. The van der Waals surface area contributed by atoms with Crippen LogP contribution in [0.4, 0.5) is 0 Å². The standard InChI is InChI=1S/C12H23NO/c1-5-10-11(14)9(12(2,3)4)7-6-8-13-10/h9-10,13H,5-8H2,1-4H3. The summed E-state index contributed by atoms with van der Waals surface area (Å²) >= 11 is 0. The fourth-order valence-electron chi connectivity index (χ4n) is 2.27. The lowest BCUT2D eigenvalue weighted by molar-refractivity contribution is -0.127. The number of carbonyl (C=O) groups excluding carboxylic acids is 1. The number of hydrogen-bond acceptors (Lipinski definition) is 2. The van der Waals surface area contributed by atoms with Gasteiger partial charge in [-0.2, -0.15) is 0 Å². The Morgan fingerprint density at radius 1 is 1.43 bits per heavy atom. The third kappa shape index (κ3) is 2.57. The Morgan fingerprint density at radius 2 is 2.07 bits per heavy atom. The highest BCUT2D eigenvalue weighted by molar-refractivity contribution is 5.87. The van der Waals surface area contributed by atoms with Gasteiger partial charge in [-0.3, -0.25) is 4.79 Å². The van der Waals surface area contributed by atoms with E-state index < -0.39 is 0 Å². The van der Waals surface area contributed by atoms with Gasteiger partial charge in [0.05, 0.1) is 6.04 Å². The van der Waals surface area contributed by atoms with Crippen molar-refractivity contribution < 1.29 is 4.79 Å². The summed E-state index contributed by atoms with van der Waals surface area (Å²) < 4.78 is 0. The molecule has 1 N–H and O–H groups in total. The largest absolute Gasteiger partial charge is 0.307 e. The van der Waals surface area contributed by atoms with Crippen molar-refractivity contribution in [1.82, 2.24) is 5.32 Å². The van der Waals surface area contributed by atoms with Gasteiger partial charge < -0.3 is 5.32 Å². The molecular weight excluding hydrogens is 174 g/mol. The number of hydrogen-bond donors (Lipinski definition) is 1. The van der Waals surface area contributed by atoms with Gasteiger partial charge in [-0.05, 0) is 31.2 Å². The molecular formula is C12H23NO. The van der Waals surface area contributed by atoms with Crippen LogP contribution in [-0.2, 0) is 4.79 Å². The highest BCUT2D eigenvalue weighted by Crippen LogP contribution is 2.32.